The quantitative estimate of drug-likeness (QED) is 0.596. The molecular weight excluding hydrogens is 394 g/mol. The van der Waals surface area contributed by atoms with Gasteiger partial charge in [-0.1, -0.05) is 98.8 Å². The number of rotatable bonds is 4. The van der Waals surface area contributed by atoms with E-state index in [9.17, 15) is 9.59 Å². The zero-order valence-electron chi connectivity index (χ0n) is 18.5. The lowest BCUT2D eigenvalue weighted by molar-refractivity contribution is 0.0724. The Bertz CT molecular complexity index is 1200. The van der Waals surface area contributed by atoms with Crippen LogP contribution in [0.4, 0.5) is 0 Å². The Morgan fingerprint density at radius 2 is 1.28 bits per heavy atom. The third-order valence-corrected chi connectivity index (χ3v) is 8.17. The average molecular weight is 422 g/mol. The molecule has 6 rings (SSSR count). The molecule has 3 atom stereocenters. The number of hydrogen-bond acceptors (Lipinski definition) is 3. The molecule has 3 aliphatic rings. The van der Waals surface area contributed by atoms with Gasteiger partial charge in [-0.3, -0.25) is 14.9 Å². The number of benzene rings is 3. The predicted molar refractivity (Wildman–Crippen MR) is 125 cm³/mol. The zero-order chi connectivity index (χ0) is 22.1. The third kappa shape index (κ3) is 2.10. The highest BCUT2D eigenvalue weighted by Gasteiger charge is 2.88. The number of hydrogen-bond donors (Lipinski definition) is 1. The van der Waals surface area contributed by atoms with Crippen LogP contribution in [-0.2, 0) is 10.8 Å². The van der Waals surface area contributed by atoms with E-state index in [0.717, 1.165) is 18.4 Å². The summed E-state index contributed by atoms with van der Waals surface area (Å²) in [5.74, 6) is 0.309. The van der Waals surface area contributed by atoms with Crippen molar-refractivity contribution in [3.63, 3.8) is 0 Å². The maximum absolute atomic E-state index is 14.2. The van der Waals surface area contributed by atoms with Gasteiger partial charge < -0.3 is 0 Å². The molecule has 0 aromatic heterocycles. The lowest BCUT2D eigenvalue weighted by Crippen LogP contribution is -2.60. The highest BCUT2D eigenvalue weighted by Crippen LogP contribution is 2.77. The van der Waals surface area contributed by atoms with Crippen LogP contribution in [0.2, 0.25) is 0 Å². The number of nitrogens with one attached hydrogen (secondary N) is 1. The summed E-state index contributed by atoms with van der Waals surface area (Å²) < 4.78 is 0. The Balaban J connectivity index is 1.66. The molecule has 3 aromatic rings. The third-order valence-electron chi connectivity index (χ3n) is 8.17. The molecule has 0 amide bonds. The second-order valence-electron chi connectivity index (χ2n) is 10.1. The highest BCUT2D eigenvalue weighted by atomic mass is 16.2. The smallest absolute Gasteiger partial charge is 0.192 e. The van der Waals surface area contributed by atoms with Crippen LogP contribution in [0.15, 0.2) is 84.9 Å². The highest BCUT2D eigenvalue weighted by molar-refractivity contribution is 6.35. The van der Waals surface area contributed by atoms with Crippen molar-refractivity contribution in [3.05, 3.63) is 107 Å². The fraction of sp³-hybridized carbons (Fsp3) is 0.310. The molecule has 1 heterocycles. The first kappa shape index (κ1) is 19.6. The van der Waals surface area contributed by atoms with Crippen molar-refractivity contribution in [2.75, 3.05) is 0 Å². The lowest BCUT2D eigenvalue weighted by atomic mass is 9.69. The van der Waals surface area contributed by atoms with E-state index >= 15 is 0 Å². The topological polar surface area (TPSA) is 46.2 Å². The average Bonchev–Trinajstić information content (AvgIpc) is 3.43. The molecule has 2 aliphatic carbocycles. The van der Waals surface area contributed by atoms with E-state index in [1.54, 1.807) is 0 Å². The van der Waals surface area contributed by atoms with Gasteiger partial charge in [0, 0.05) is 28.0 Å². The molecule has 1 aliphatic heterocycles. The molecule has 3 aromatic carbocycles. The summed E-state index contributed by atoms with van der Waals surface area (Å²) in [6.07, 6.45) is 1.70. The number of Topliss-reactive ketones (excluding diaryl/α,β-unsaturated/α-hetero) is 2. The van der Waals surface area contributed by atoms with E-state index in [0.29, 0.717) is 17.0 Å². The van der Waals surface area contributed by atoms with Crippen LogP contribution in [0.3, 0.4) is 0 Å². The maximum Gasteiger partial charge on any atom is 0.192 e. The van der Waals surface area contributed by atoms with Gasteiger partial charge in [0.15, 0.2) is 17.1 Å². The Labute approximate surface area is 188 Å². The first-order valence-corrected chi connectivity index (χ1v) is 11.6. The van der Waals surface area contributed by atoms with Gasteiger partial charge in [0.25, 0.3) is 0 Å². The van der Waals surface area contributed by atoms with Gasteiger partial charge in [-0.25, -0.2) is 0 Å². The number of ketones is 2. The van der Waals surface area contributed by atoms with Crippen LogP contribution >= 0.6 is 0 Å². The first-order chi connectivity index (χ1) is 15.5. The number of carbonyl (C=O) groups is 2. The molecule has 1 saturated heterocycles. The molecule has 1 saturated carbocycles. The van der Waals surface area contributed by atoms with Crippen LogP contribution in [0.1, 0.15) is 58.5 Å². The normalized spacial score (nSPS) is 29.4. The van der Waals surface area contributed by atoms with Gasteiger partial charge in [0.1, 0.15) is 0 Å². The molecule has 32 heavy (non-hydrogen) atoms. The molecule has 1 spiro atoms. The largest absolute Gasteiger partial charge is 0.294 e. The van der Waals surface area contributed by atoms with Crippen molar-refractivity contribution in [3.8, 4) is 0 Å². The molecular formula is C29H27NO2. The van der Waals surface area contributed by atoms with E-state index in [2.05, 4.69) is 55.6 Å². The number of piperidine rings is 1. The summed E-state index contributed by atoms with van der Waals surface area (Å²) in [4.78, 5) is 28.3. The van der Waals surface area contributed by atoms with Crippen molar-refractivity contribution in [2.45, 2.75) is 49.1 Å². The van der Waals surface area contributed by atoms with Crippen molar-refractivity contribution in [2.24, 2.45) is 5.92 Å². The summed E-state index contributed by atoms with van der Waals surface area (Å²) in [7, 11) is 0. The Morgan fingerprint density at radius 3 is 1.81 bits per heavy atom. The second kappa shape index (κ2) is 6.49. The van der Waals surface area contributed by atoms with Crippen molar-refractivity contribution in [1.29, 1.82) is 0 Å². The van der Waals surface area contributed by atoms with E-state index in [-0.39, 0.29) is 23.0 Å². The Kier molecular flexibility index (Phi) is 3.98. The fourth-order valence-electron chi connectivity index (χ4n) is 6.99. The van der Waals surface area contributed by atoms with Crippen molar-refractivity contribution >= 4 is 11.6 Å². The molecule has 0 radical (unpaired) electrons. The molecule has 2 fully saturated rings. The predicted octanol–water partition coefficient (Wildman–Crippen LogP) is 5.10. The van der Waals surface area contributed by atoms with E-state index in [1.165, 1.54) is 5.56 Å². The van der Waals surface area contributed by atoms with Gasteiger partial charge in [-0.2, -0.15) is 0 Å². The Hall–Kier alpha value is -3.04. The number of carbonyl (C=O) groups excluding carboxylic acids is 2. The minimum absolute atomic E-state index is 0.0346. The van der Waals surface area contributed by atoms with Crippen LogP contribution in [0, 0.1) is 5.92 Å². The van der Waals surface area contributed by atoms with Crippen LogP contribution in [-0.4, -0.2) is 23.1 Å². The molecule has 0 bridgehead atoms. The van der Waals surface area contributed by atoms with E-state index < -0.39 is 11.0 Å². The second-order valence-corrected chi connectivity index (χ2v) is 10.1. The maximum atomic E-state index is 14.2. The zero-order valence-corrected chi connectivity index (χ0v) is 18.5. The summed E-state index contributed by atoms with van der Waals surface area (Å²) in [6.45, 7) is 4.43. The van der Waals surface area contributed by atoms with Gasteiger partial charge in [-0.15, -0.1) is 0 Å². The fourth-order valence-corrected chi connectivity index (χ4v) is 6.99. The van der Waals surface area contributed by atoms with Gasteiger partial charge >= 0.3 is 0 Å². The van der Waals surface area contributed by atoms with Gasteiger partial charge in [-0.05, 0) is 29.9 Å². The molecule has 3 heteroatoms. The lowest BCUT2D eigenvalue weighted by Gasteiger charge is -2.33. The van der Waals surface area contributed by atoms with Crippen LogP contribution < -0.4 is 5.32 Å². The standard InChI is InChI=1S/C29H27NO2/c1-19(2)17-24-27(20-11-5-3-6-12-20)18-28(27,21-13-7-4-8-14-21)29(30-24)25(31)22-15-9-10-16-23(22)26(29)32/h3-16,19,24,30H,17-18H2,1-2H3/t24-,27-,28-/m1/s1. The summed E-state index contributed by atoms with van der Waals surface area (Å²) in [6, 6.07) is 28.2. The van der Waals surface area contributed by atoms with Crippen molar-refractivity contribution < 1.29 is 9.59 Å². The minimum Gasteiger partial charge on any atom is -0.294 e. The molecule has 3 nitrogen and oxygen atoms in total. The Morgan fingerprint density at radius 1 is 0.781 bits per heavy atom. The summed E-state index contributed by atoms with van der Waals surface area (Å²) >= 11 is 0. The minimum atomic E-state index is -1.26. The summed E-state index contributed by atoms with van der Waals surface area (Å²) in [5.41, 5.74) is 1.25. The molecule has 160 valence electrons. The number of fused-ring (bicyclic) bond motifs is 3. The monoisotopic (exact) mass is 421 g/mol. The van der Waals surface area contributed by atoms with Gasteiger partial charge in [0.05, 0.1) is 0 Å². The SMILES string of the molecule is CC(C)C[C@H]1NC2(C(=O)c3ccccc3C2=O)[C@@]2(c3ccccc3)C[C@@]12c1ccccc1. The first-order valence-electron chi connectivity index (χ1n) is 11.6. The van der Waals surface area contributed by atoms with Crippen LogP contribution in [0.25, 0.3) is 0 Å². The van der Waals surface area contributed by atoms with Crippen molar-refractivity contribution in [1.82, 2.24) is 5.32 Å². The molecule has 0 unspecified atom stereocenters. The molecule has 1 N–H and O–H groups in total. The van der Waals surface area contributed by atoms with Gasteiger partial charge in [0.2, 0.25) is 0 Å². The van der Waals surface area contributed by atoms with E-state index in [4.69, 9.17) is 0 Å². The van der Waals surface area contributed by atoms with Crippen LogP contribution in [0.5, 0.6) is 0 Å². The van der Waals surface area contributed by atoms with E-state index in [1.807, 2.05) is 48.5 Å². The summed E-state index contributed by atoms with van der Waals surface area (Å²) in [5, 5.41) is 3.72.